The first kappa shape index (κ1) is 14.2. The molecule has 1 aromatic heterocycles. The van der Waals surface area contributed by atoms with Crippen LogP contribution in [0.2, 0.25) is 5.02 Å². The minimum absolute atomic E-state index is 0.449. The van der Waals surface area contributed by atoms with Gasteiger partial charge < -0.3 is 15.0 Å². The van der Waals surface area contributed by atoms with Crippen molar-refractivity contribution in [3.05, 3.63) is 51.5 Å². The van der Waals surface area contributed by atoms with Crippen LogP contribution in [-0.2, 0) is 6.54 Å². The Morgan fingerprint density at radius 2 is 2.14 bits per heavy atom. The first-order chi connectivity index (χ1) is 10.1. The Kier molecular flexibility index (Phi) is 3.78. The molecule has 0 aliphatic rings. The maximum absolute atomic E-state index is 6.30. The average molecular weight is 367 g/mol. The number of nitrogen functional groups attached to an aromatic ring is 1. The number of ether oxygens (including phenoxy) is 1. The zero-order valence-corrected chi connectivity index (χ0v) is 13.6. The van der Waals surface area contributed by atoms with Crippen molar-refractivity contribution in [2.45, 2.75) is 6.54 Å². The Hall–Kier alpha value is -1.72. The van der Waals surface area contributed by atoms with Gasteiger partial charge in [0.05, 0.1) is 24.7 Å². The lowest BCUT2D eigenvalue weighted by atomic mass is 10.2. The van der Waals surface area contributed by atoms with Crippen molar-refractivity contribution in [2.24, 2.45) is 0 Å². The van der Waals surface area contributed by atoms with Gasteiger partial charge in [0, 0.05) is 15.1 Å². The van der Waals surface area contributed by atoms with Crippen molar-refractivity contribution >= 4 is 44.5 Å². The molecule has 0 bridgehead atoms. The number of hydrogen-bond donors (Lipinski definition) is 1. The average Bonchev–Trinajstić information content (AvgIpc) is 2.77. The molecule has 21 heavy (non-hydrogen) atoms. The third-order valence-electron chi connectivity index (χ3n) is 3.35. The number of methoxy groups -OCH3 is 1. The van der Waals surface area contributed by atoms with Crippen LogP contribution in [-0.4, -0.2) is 16.7 Å². The third kappa shape index (κ3) is 2.59. The van der Waals surface area contributed by atoms with E-state index in [1.165, 1.54) is 0 Å². The van der Waals surface area contributed by atoms with Crippen molar-refractivity contribution in [1.82, 2.24) is 9.55 Å². The molecule has 0 unspecified atom stereocenters. The second-order valence-electron chi connectivity index (χ2n) is 4.61. The Balaban J connectivity index is 2.14. The van der Waals surface area contributed by atoms with Gasteiger partial charge >= 0.3 is 0 Å². The summed E-state index contributed by atoms with van der Waals surface area (Å²) in [6.45, 7) is 0.502. The van der Waals surface area contributed by atoms with Crippen molar-refractivity contribution in [1.29, 1.82) is 0 Å². The molecule has 0 fully saturated rings. The summed E-state index contributed by atoms with van der Waals surface area (Å²) in [6.07, 6.45) is 0. The Morgan fingerprint density at radius 3 is 2.90 bits per heavy atom. The summed E-state index contributed by atoms with van der Waals surface area (Å²) < 4.78 is 8.28. The van der Waals surface area contributed by atoms with Crippen LogP contribution in [0.5, 0.6) is 5.75 Å². The zero-order chi connectivity index (χ0) is 15.0. The fraction of sp³-hybridized carbons (Fsp3) is 0.133. The van der Waals surface area contributed by atoms with Crippen molar-refractivity contribution < 1.29 is 4.74 Å². The number of imidazole rings is 1. The molecule has 0 aliphatic heterocycles. The summed E-state index contributed by atoms with van der Waals surface area (Å²) in [4.78, 5) is 4.37. The molecule has 108 valence electrons. The van der Waals surface area contributed by atoms with Gasteiger partial charge in [0.15, 0.2) is 0 Å². The van der Waals surface area contributed by atoms with Crippen LogP contribution >= 0.6 is 27.5 Å². The molecule has 0 amide bonds. The number of nitrogens with two attached hydrogens (primary N) is 1. The minimum Gasteiger partial charge on any atom is -0.496 e. The summed E-state index contributed by atoms with van der Waals surface area (Å²) >= 11 is 9.77. The second-order valence-corrected chi connectivity index (χ2v) is 5.93. The normalized spacial score (nSPS) is 11.0. The van der Waals surface area contributed by atoms with Gasteiger partial charge in [0.25, 0.3) is 0 Å². The van der Waals surface area contributed by atoms with Crippen LogP contribution in [0.25, 0.3) is 11.0 Å². The molecule has 2 aromatic carbocycles. The predicted molar refractivity (Wildman–Crippen MR) is 89.0 cm³/mol. The van der Waals surface area contributed by atoms with Crippen LogP contribution in [0.15, 0.2) is 40.9 Å². The van der Waals surface area contributed by atoms with E-state index in [9.17, 15) is 0 Å². The van der Waals surface area contributed by atoms with E-state index in [2.05, 4.69) is 20.9 Å². The number of rotatable bonds is 3. The third-order valence-corrected chi connectivity index (χ3v) is 4.20. The lowest BCUT2D eigenvalue weighted by molar-refractivity contribution is 0.409. The molecule has 2 N–H and O–H groups in total. The Labute approximate surface area is 135 Å². The zero-order valence-electron chi connectivity index (χ0n) is 11.3. The number of anilines is 1. The highest BCUT2D eigenvalue weighted by molar-refractivity contribution is 9.10. The van der Waals surface area contributed by atoms with Crippen LogP contribution < -0.4 is 10.5 Å². The van der Waals surface area contributed by atoms with E-state index in [0.29, 0.717) is 17.5 Å². The molecule has 0 saturated carbocycles. The first-order valence-corrected chi connectivity index (χ1v) is 7.50. The quantitative estimate of drug-likeness (QED) is 0.759. The Bertz CT molecular complexity index is 816. The number of nitrogens with zero attached hydrogens (tertiary/aromatic N) is 2. The molecule has 0 atom stereocenters. The van der Waals surface area contributed by atoms with Gasteiger partial charge in [-0.15, -0.1) is 0 Å². The van der Waals surface area contributed by atoms with Crippen LogP contribution in [0.1, 0.15) is 5.56 Å². The molecule has 1 heterocycles. The molecule has 0 spiro atoms. The van der Waals surface area contributed by atoms with Gasteiger partial charge in [-0.2, -0.15) is 0 Å². The van der Waals surface area contributed by atoms with E-state index in [1.54, 1.807) is 7.11 Å². The van der Waals surface area contributed by atoms with Crippen molar-refractivity contribution in [3.8, 4) is 5.75 Å². The number of halogens is 2. The molecule has 0 aliphatic carbocycles. The Morgan fingerprint density at radius 1 is 1.33 bits per heavy atom. The van der Waals surface area contributed by atoms with Crippen molar-refractivity contribution in [3.63, 3.8) is 0 Å². The monoisotopic (exact) mass is 365 g/mol. The maximum atomic E-state index is 6.30. The van der Waals surface area contributed by atoms with E-state index >= 15 is 0 Å². The number of fused-ring (bicyclic) bond motifs is 1. The predicted octanol–water partition coefficient (Wildman–Crippen LogP) is 4.09. The minimum atomic E-state index is 0.449. The first-order valence-electron chi connectivity index (χ1n) is 6.33. The standard InChI is InChI=1S/C15H13BrClN3O/c1-21-14-4-2-3-11(17)10(14)8-20-13-7-9(16)5-6-12(13)19-15(20)18/h2-7H,8H2,1H3,(H2,18,19). The SMILES string of the molecule is COc1cccc(Cl)c1Cn1c(N)nc2ccc(Br)cc21. The van der Waals surface area contributed by atoms with Crippen molar-refractivity contribution in [2.75, 3.05) is 12.8 Å². The van der Waals surface area contributed by atoms with Gasteiger partial charge in [-0.1, -0.05) is 33.6 Å². The van der Waals surface area contributed by atoms with Gasteiger partial charge in [0.2, 0.25) is 5.95 Å². The van der Waals surface area contributed by atoms with Gasteiger partial charge in [-0.05, 0) is 30.3 Å². The highest BCUT2D eigenvalue weighted by Crippen LogP contribution is 2.30. The van der Waals surface area contributed by atoms with E-state index in [4.69, 9.17) is 22.1 Å². The summed E-state index contributed by atoms with van der Waals surface area (Å²) in [5, 5.41) is 0.644. The lowest BCUT2D eigenvalue weighted by Gasteiger charge is -2.12. The molecular formula is C15H13BrClN3O. The van der Waals surface area contributed by atoms with Gasteiger partial charge in [-0.25, -0.2) is 4.98 Å². The number of benzene rings is 2. The molecule has 3 rings (SSSR count). The van der Waals surface area contributed by atoms with Crippen LogP contribution in [0.3, 0.4) is 0 Å². The summed E-state index contributed by atoms with van der Waals surface area (Å²) in [6, 6.07) is 11.4. The van der Waals surface area contributed by atoms with E-state index in [0.717, 1.165) is 26.8 Å². The molecule has 3 aromatic rings. The molecule has 4 nitrogen and oxygen atoms in total. The van der Waals surface area contributed by atoms with E-state index < -0.39 is 0 Å². The van der Waals surface area contributed by atoms with Crippen LogP contribution in [0.4, 0.5) is 5.95 Å². The van der Waals surface area contributed by atoms with Gasteiger partial charge in [0.1, 0.15) is 5.75 Å². The molecule has 6 heteroatoms. The maximum Gasteiger partial charge on any atom is 0.201 e. The van der Waals surface area contributed by atoms with E-state index in [1.807, 2.05) is 41.0 Å². The van der Waals surface area contributed by atoms with Gasteiger partial charge in [-0.3, -0.25) is 0 Å². The summed E-state index contributed by atoms with van der Waals surface area (Å²) in [5.74, 6) is 1.18. The second kappa shape index (κ2) is 5.58. The summed E-state index contributed by atoms with van der Waals surface area (Å²) in [7, 11) is 1.63. The highest BCUT2D eigenvalue weighted by atomic mass is 79.9. The fourth-order valence-corrected chi connectivity index (χ4v) is 2.90. The topological polar surface area (TPSA) is 53.1 Å². The summed E-state index contributed by atoms with van der Waals surface area (Å²) in [5.41, 5.74) is 8.72. The number of aromatic nitrogens is 2. The largest absolute Gasteiger partial charge is 0.496 e. The van der Waals surface area contributed by atoms with Crippen LogP contribution in [0, 0.1) is 0 Å². The smallest absolute Gasteiger partial charge is 0.201 e. The molecule has 0 radical (unpaired) electrons. The molecular weight excluding hydrogens is 354 g/mol. The molecule has 0 saturated heterocycles. The number of hydrogen-bond acceptors (Lipinski definition) is 3. The highest BCUT2D eigenvalue weighted by Gasteiger charge is 2.13. The lowest BCUT2D eigenvalue weighted by Crippen LogP contribution is -2.06. The van der Waals surface area contributed by atoms with E-state index in [-0.39, 0.29) is 0 Å². The fourth-order valence-electron chi connectivity index (χ4n) is 2.32.